The molecular weight excluding hydrogens is 348 g/mol. The Kier molecular flexibility index (Phi) is 5.65. The van der Waals surface area contributed by atoms with Crippen molar-refractivity contribution in [3.63, 3.8) is 0 Å². The number of benzene rings is 2. The number of hydrogen-bond acceptors (Lipinski definition) is 4. The van der Waals surface area contributed by atoms with Crippen LogP contribution in [0.4, 0.5) is 0 Å². The molecule has 0 spiro atoms. The second-order valence-electron chi connectivity index (χ2n) is 6.66. The molecule has 140 valence electrons. The molecule has 2 aromatic carbocycles. The number of aryl methyl sites for hydroxylation is 1. The summed E-state index contributed by atoms with van der Waals surface area (Å²) in [5, 5.41) is 0. The highest BCUT2D eigenvalue weighted by Crippen LogP contribution is 2.27. The largest absolute Gasteiger partial charge is 0.497 e. The Balaban J connectivity index is 1.71. The van der Waals surface area contributed by atoms with Gasteiger partial charge in [0.1, 0.15) is 5.75 Å². The van der Waals surface area contributed by atoms with Crippen LogP contribution in [0.2, 0.25) is 0 Å². The van der Waals surface area contributed by atoms with Gasteiger partial charge in [0.25, 0.3) is 0 Å². The average molecular weight is 375 g/mol. The summed E-state index contributed by atoms with van der Waals surface area (Å²) in [5.74, 6) is 0.669. The molecule has 0 unspecified atom stereocenters. The van der Waals surface area contributed by atoms with Crippen LogP contribution in [0, 0.1) is 6.92 Å². The monoisotopic (exact) mass is 374 g/mol. The van der Waals surface area contributed by atoms with Crippen molar-refractivity contribution in [2.45, 2.75) is 24.8 Å². The van der Waals surface area contributed by atoms with Crippen LogP contribution >= 0.6 is 0 Å². The first-order valence-corrected chi connectivity index (χ1v) is 10.3. The zero-order valence-corrected chi connectivity index (χ0v) is 16.4. The Morgan fingerprint density at radius 3 is 2.23 bits per heavy atom. The fourth-order valence-electron chi connectivity index (χ4n) is 3.45. The quantitative estimate of drug-likeness (QED) is 0.807. The van der Waals surface area contributed by atoms with E-state index in [1.807, 2.05) is 25.1 Å². The minimum Gasteiger partial charge on any atom is -0.497 e. The highest BCUT2D eigenvalue weighted by molar-refractivity contribution is 7.89. The van der Waals surface area contributed by atoms with Gasteiger partial charge in [-0.15, -0.1) is 0 Å². The van der Waals surface area contributed by atoms with Crippen LogP contribution in [-0.2, 0) is 10.0 Å². The summed E-state index contributed by atoms with van der Waals surface area (Å²) in [6.07, 6.45) is 0. The second-order valence-corrected chi connectivity index (χ2v) is 8.56. The van der Waals surface area contributed by atoms with Gasteiger partial charge in [-0.3, -0.25) is 4.90 Å². The number of hydrogen-bond donors (Lipinski definition) is 0. The lowest BCUT2D eigenvalue weighted by Gasteiger charge is -2.37. The number of piperazine rings is 1. The van der Waals surface area contributed by atoms with Crippen LogP contribution < -0.4 is 4.74 Å². The average Bonchev–Trinajstić information content (AvgIpc) is 2.67. The van der Waals surface area contributed by atoms with E-state index in [4.69, 9.17) is 4.74 Å². The van der Waals surface area contributed by atoms with E-state index in [1.54, 1.807) is 29.6 Å². The molecule has 1 saturated heterocycles. The van der Waals surface area contributed by atoms with Gasteiger partial charge >= 0.3 is 0 Å². The van der Waals surface area contributed by atoms with Crippen molar-refractivity contribution >= 4 is 10.0 Å². The van der Waals surface area contributed by atoms with Crippen LogP contribution in [0.15, 0.2) is 53.4 Å². The van der Waals surface area contributed by atoms with Crippen molar-refractivity contribution in [3.8, 4) is 5.75 Å². The van der Waals surface area contributed by atoms with Crippen molar-refractivity contribution < 1.29 is 13.2 Å². The summed E-state index contributed by atoms with van der Waals surface area (Å²) < 4.78 is 32.8. The van der Waals surface area contributed by atoms with E-state index < -0.39 is 10.0 Å². The summed E-state index contributed by atoms with van der Waals surface area (Å²) in [7, 11) is -1.90. The van der Waals surface area contributed by atoms with Crippen molar-refractivity contribution in [2.24, 2.45) is 0 Å². The van der Waals surface area contributed by atoms with Crippen LogP contribution in [0.1, 0.15) is 24.1 Å². The van der Waals surface area contributed by atoms with Crippen LogP contribution in [0.3, 0.4) is 0 Å². The molecule has 1 heterocycles. The van der Waals surface area contributed by atoms with Crippen LogP contribution in [-0.4, -0.2) is 50.9 Å². The molecule has 3 rings (SSSR count). The summed E-state index contributed by atoms with van der Waals surface area (Å²) in [4.78, 5) is 2.70. The fourth-order valence-corrected chi connectivity index (χ4v) is 5.08. The molecule has 0 saturated carbocycles. The zero-order chi connectivity index (χ0) is 18.7. The molecule has 1 aliphatic rings. The highest BCUT2D eigenvalue weighted by atomic mass is 32.2. The van der Waals surface area contributed by atoms with Gasteiger partial charge in [-0.05, 0) is 43.2 Å². The van der Waals surface area contributed by atoms with Crippen molar-refractivity contribution in [2.75, 3.05) is 33.3 Å². The molecular formula is C20H26N2O3S. The minimum atomic E-state index is -3.48. The Hall–Kier alpha value is -1.89. The molecule has 0 amide bonds. The summed E-state index contributed by atoms with van der Waals surface area (Å²) in [6.45, 7) is 6.45. The number of nitrogens with zero attached hydrogens (tertiary/aromatic N) is 2. The Morgan fingerprint density at radius 1 is 1.00 bits per heavy atom. The maximum Gasteiger partial charge on any atom is 0.243 e. The molecule has 0 bridgehead atoms. The normalized spacial score (nSPS) is 17.8. The second kappa shape index (κ2) is 7.78. The van der Waals surface area contributed by atoms with E-state index in [0.717, 1.165) is 13.1 Å². The first kappa shape index (κ1) is 18.9. The van der Waals surface area contributed by atoms with Crippen molar-refractivity contribution in [1.82, 2.24) is 9.21 Å². The third-order valence-electron chi connectivity index (χ3n) is 5.10. The van der Waals surface area contributed by atoms with Gasteiger partial charge in [-0.1, -0.05) is 30.3 Å². The molecule has 1 aliphatic heterocycles. The topological polar surface area (TPSA) is 49.9 Å². The summed E-state index contributed by atoms with van der Waals surface area (Å²) >= 11 is 0. The third-order valence-corrected chi connectivity index (χ3v) is 7.16. The number of rotatable bonds is 5. The maximum absolute atomic E-state index is 13.0. The number of ether oxygens (including phenoxy) is 1. The van der Waals surface area contributed by atoms with E-state index in [0.29, 0.717) is 29.3 Å². The Labute approximate surface area is 156 Å². The predicted molar refractivity (Wildman–Crippen MR) is 103 cm³/mol. The first-order valence-electron chi connectivity index (χ1n) is 8.87. The zero-order valence-electron chi connectivity index (χ0n) is 15.6. The molecule has 0 N–H and O–H groups in total. The van der Waals surface area contributed by atoms with Crippen LogP contribution in [0.5, 0.6) is 5.75 Å². The molecule has 5 nitrogen and oxygen atoms in total. The van der Waals surface area contributed by atoms with Gasteiger partial charge in [-0.2, -0.15) is 4.31 Å². The van der Waals surface area contributed by atoms with Crippen molar-refractivity contribution in [1.29, 1.82) is 0 Å². The predicted octanol–water partition coefficient (Wildman–Crippen LogP) is 3.07. The molecule has 26 heavy (non-hydrogen) atoms. The van der Waals surface area contributed by atoms with E-state index in [9.17, 15) is 8.42 Å². The van der Waals surface area contributed by atoms with Gasteiger partial charge in [0.05, 0.1) is 12.0 Å². The summed E-state index contributed by atoms with van der Waals surface area (Å²) in [6, 6.07) is 15.7. The Morgan fingerprint density at radius 2 is 1.65 bits per heavy atom. The summed E-state index contributed by atoms with van der Waals surface area (Å²) in [5.41, 5.74) is 1.97. The van der Waals surface area contributed by atoms with Gasteiger partial charge in [-0.25, -0.2) is 8.42 Å². The lowest BCUT2D eigenvalue weighted by atomic mass is 10.1. The van der Waals surface area contributed by atoms with Gasteiger partial charge in [0.15, 0.2) is 0 Å². The van der Waals surface area contributed by atoms with Crippen LogP contribution in [0.25, 0.3) is 0 Å². The van der Waals surface area contributed by atoms with Crippen molar-refractivity contribution in [3.05, 3.63) is 59.7 Å². The lowest BCUT2D eigenvalue weighted by molar-refractivity contribution is 0.146. The molecule has 2 aromatic rings. The molecule has 1 atom stereocenters. The molecule has 6 heteroatoms. The van der Waals surface area contributed by atoms with E-state index in [-0.39, 0.29) is 6.04 Å². The van der Waals surface area contributed by atoms with Gasteiger partial charge < -0.3 is 4.74 Å². The SMILES string of the molecule is COc1ccc(S(=O)(=O)N2CCN([C@@H](C)c3ccccc3)CC2)c(C)c1. The Bertz CT molecular complexity index is 845. The molecule has 0 radical (unpaired) electrons. The molecule has 0 aromatic heterocycles. The van der Waals surface area contributed by atoms with E-state index >= 15 is 0 Å². The van der Waals surface area contributed by atoms with E-state index in [2.05, 4.69) is 24.0 Å². The van der Waals surface area contributed by atoms with Gasteiger partial charge in [0.2, 0.25) is 10.0 Å². The fraction of sp³-hybridized carbons (Fsp3) is 0.400. The minimum absolute atomic E-state index is 0.281. The standard InChI is InChI=1S/C20H26N2O3S/c1-16-15-19(25-3)9-10-20(16)26(23,24)22-13-11-21(12-14-22)17(2)18-7-5-4-6-8-18/h4-10,15,17H,11-14H2,1-3H3/t17-/m0/s1. The third kappa shape index (κ3) is 3.77. The first-order chi connectivity index (χ1) is 12.4. The smallest absolute Gasteiger partial charge is 0.243 e. The molecule has 0 aliphatic carbocycles. The maximum atomic E-state index is 13.0. The molecule has 1 fully saturated rings. The highest BCUT2D eigenvalue weighted by Gasteiger charge is 2.31. The number of methoxy groups -OCH3 is 1. The van der Waals surface area contributed by atoms with Gasteiger partial charge in [0, 0.05) is 32.2 Å². The number of sulfonamides is 1. The lowest BCUT2D eigenvalue weighted by Crippen LogP contribution is -2.49. The van der Waals surface area contributed by atoms with E-state index in [1.165, 1.54) is 5.56 Å².